The van der Waals surface area contributed by atoms with Gasteiger partial charge in [-0.05, 0) is 20.8 Å². The van der Waals surface area contributed by atoms with Crippen LogP contribution in [-0.2, 0) is 9.53 Å². The van der Waals surface area contributed by atoms with Crippen LogP contribution in [0.1, 0.15) is 27.2 Å². The molecular formula is C12H17N2O4S. The Morgan fingerprint density at radius 1 is 1.53 bits per heavy atom. The van der Waals surface area contributed by atoms with Gasteiger partial charge in [-0.25, -0.2) is 4.79 Å². The van der Waals surface area contributed by atoms with Crippen LogP contribution in [0.3, 0.4) is 0 Å². The Morgan fingerprint density at radius 3 is 2.79 bits per heavy atom. The highest BCUT2D eigenvalue weighted by Gasteiger charge is 2.37. The number of ether oxygens (including phenoxy) is 1. The second-order valence-electron chi connectivity index (χ2n) is 5.42. The van der Waals surface area contributed by atoms with Gasteiger partial charge < -0.3 is 9.84 Å². The zero-order valence-electron chi connectivity index (χ0n) is 11.1. The first-order chi connectivity index (χ1) is 8.78. The lowest BCUT2D eigenvalue weighted by atomic mass is 10.1. The highest BCUT2D eigenvalue weighted by Crippen LogP contribution is 2.39. The molecule has 7 heteroatoms. The lowest BCUT2D eigenvalue weighted by Gasteiger charge is -2.28. The molecule has 0 fully saturated rings. The minimum absolute atomic E-state index is 0.333. The van der Waals surface area contributed by atoms with Gasteiger partial charge in [0.1, 0.15) is 17.5 Å². The molecule has 105 valence electrons. The number of hydrogen-bond acceptors (Lipinski definition) is 5. The predicted octanol–water partition coefficient (Wildman–Crippen LogP) is 1.75. The van der Waals surface area contributed by atoms with Gasteiger partial charge in [-0.15, -0.1) is 0 Å². The van der Waals surface area contributed by atoms with Gasteiger partial charge >= 0.3 is 12.1 Å². The van der Waals surface area contributed by atoms with Crippen molar-refractivity contribution in [1.29, 1.82) is 0 Å². The van der Waals surface area contributed by atoms with Gasteiger partial charge in [0, 0.05) is 23.6 Å². The van der Waals surface area contributed by atoms with Gasteiger partial charge in [-0.2, -0.15) is 0 Å². The summed E-state index contributed by atoms with van der Waals surface area (Å²) in [4.78, 5) is 25.2. The van der Waals surface area contributed by atoms with E-state index >= 15 is 0 Å². The molecule has 1 radical (unpaired) electrons. The van der Waals surface area contributed by atoms with Gasteiger partial charge in [0.25, 0.3) is 0 Å². The van der Waals surface area contributed by atoms with Gasteiger partial charge in [-0.1, -0.05) is 11.8 Å². The second kappa shape index (κ2) is 5.05. The third kappa shape index (κ3) is 3.22. The normalized spacial score (nSPS) is 23.3. The van der Waals surface area contributed by atoms with Crippen LogP contribution >= 0.6 is 11.8 Å². The number of thioether (sulfide) groups is 1. The molecule has 2 rings (SSSR count). The average molecular weight is 285 g/mol. The number of carboxylic acid groups (broad SMARTS) is 1. The van der Waals surface area contributed by atoms with Crippen molar-refractivity contribution < 1.29 is 19.4 Å². The van der Waals surface area contributed by atoms with Crippen molar-refractivity contribution in [2.45, 2.75) is 38.8 Å². The van der Waals surface area contributed by atoms with Crippen LogP contribution < -0.4 is 5.32 Å². The number of rotatable bonds is 1. The molecule has 0 aromatic rings. The fraction of sp³-hybridized carbons (Fsp3) is 0.583. The molecule has 0 aromatic heterocycles. The summed E-state index contributed by atoms with van der Waals surface area (Å²) in [5.41, 5.74) is 0.128. The summed E-state index contributed by atoms with van der Waals surface area (Å²) in [5.74, 6) is 1.20. The van der Waals surface area contributed by atoms with Gasteiger partial charge in [-0.3, -0.25) is 15.0 Å². The van der Waals surface area contributed by atoms with Crippen molar-refractivity contribution in [2.24, 2.45) is 0 Å². The topological polar surface area (TPSA) is 78.9 Å². The number of nitrogens with one attached hydrogen (secondary N) is 1. The molecular weight excluding hydrogens is 268 g/mol. The zero-order chi connectivity index (χ0) is 14.2. The van der Waals surface area contributed by atoms with Crippen LogP contribution in [0.5, 0.6) is 0 Å². The van der Waals surface area contributed by atoms with Crippen molar-refractivity contribution in [3.63, 3.8) is 0 Å². The van der Waals surface area contributed by atoms with E-state index in [0.29, 0.717) is 18.7 Å². The molecule has 1 unspecified atom stereocenters. The zero-order valence-corrected chi connectivity index (χ0v) is 11.9. The summed E-state index contributed by atoms with van der Waals surface area (Å²) in [6.07, 6.45) is -0.692. The summed E-state index contributed by atoms with van der Waals surface area (Å²) < 4.78 is 5.31. The van der Waals surface area contributed by atoms with Crippen molar-refractivity contribution in [3.8, 4) is 0 Å². The molecule has 6 nitrogen and oxygen atoms in total. The maximum atomic E-state index is 12.0. The quantitative estimate of drug-likeness (QED) is 0.715. The van der Waals surface area contributed by atoms with Gasteiger partial charge in [0.2, 0.25) is 0 Å². The molecule has 0 bridgehead atoms. The molecule has 1 amide bonds. The Balaban J connectivity index is 2.06. The number of esters is 1. The lowest BCUT2D eigenvalue weighted by Crippen LogP contribution is -2.45. The number of amides is 1. The van der Waals surface area contributed by atoms with E-state index in [4.69, 9.17) is 9.84 Å². The Bertz CT molecular complexity index is 442. The van der Waals surface area contributed by atoms with E-state index in [9.17, 15) is 9.59 Å². The average Bonchev–Trinajstić information content (AvgIpc) is 2.68. The fourth-order valence-electron chi connectivity index (χ4n) is 1.92. The largest absolute Gasteiger partial charge is 0.465 e. The van der Waals surface area contributed by atoms with Crippen molar-refractivity contribution in [1.82, 2.24) is 10.2 Å². The molecule has 0 aromatic carbocycles. The fourth-order valence-corrected chi connectivity index (χ4v) is 2.85. The maximum Gasteiger partial charge on any atom is 0.412 e. The van der Waals surface area contributed by atoms with Crippen LogP contribution in [-0.4, -0.2) is 40.3 Å². The number of hydrogen-bond donors (Lipinski definition) is 2. The SMILES string of the molecule is CC(C)(C)OC(=O)C1CC2=C(CN1)S[CH]N2C(=O)O. The van der Waals surface area contributed by atoms with Crippen molar-refractivity contribution in [3.05, 3.63) is 16.5 Å². The Kier molecular flexibility index (Phi) is 3.78. The monoisotopic (exact) mass is 285 g/mol. The van der Waals surface area contributed by atoms with Crippen molar-refractivity contribution in [2.75, 3.05) is 6.54 Å². The first-order valence-corrected chi connectivity index (χ1v) is 6.86. The smallest absolute Gasteiger partial charge is 0.412 e. The molecule has 0 saturated carbocycles. The number of carbonyl (C=O) groups is 2. The third-order valence-electron chi connectivity index (χ3n) is 2.72. The molecule has 19 heavy (non-hydrogen) atoms. The molecule has 2 heterocycles. The van der Waals surface area contributed by atoms with Crippen LogP contribution in [0.25, 0.3) is 0 Å². The van der Waals surface area contributed by atoms with E-state index in [1.165, 1.54) is 16.7 Å². The summed E-state index contributed by atoms with van der Waals surface area (Å²) in [5, 5.41) is 12.2. The molecule has 2 aliphatic heterocycles. The van der Waals surface area contributed by atoms with Crippen molar-refractivity contribution >= 4 is 23.8 Å². The molecule has 1 atom stereocenters. The first-order valence-electron chi connectivity index (χ1n) is 5.98. The Labute approximate surface area is 116 Å². The summed E-state index contributed by atoms with van der Waals surface area (Å²) in [7, 11) is 0. The minimum Gasteiger partial charge on any atom is -0.465 e. The van der Waals surface area contributed by atoms with E-state index in [1.54, 1.807) is 26.6 Å². The number of carbonyl (C=O) groups excluding carboxylic acids is 1. The first kappa shape index (κ1) is 14.2. The highest BCUT2D eigenvalue weighted by atomic mass is 32.2. The number of nitrogens with zero attached hydrogens (tertiary/aromatic N) is 1. The Morgan fingerprint density at radius 2 is 2.21 bits per heavy atom. The minimum atomic E-state index is -1.03. The molecule has 0 saturated heterocycles. The second-order valence-corrected chi connectivity index (χ2v) is 6.36. The van der Waals surface area contributed by atoms with E-state index in [0.717, 1.165) is 4.91 Å². The standard InChI is InChI=1S/C12H17N2O4S/c1-12(2,3)18-10(15)7-4-8-9(5-13-7)19-6-14(8)11(16)17/h6-7,13H,4-5H2,1-3H3,(H,16,17). The van der Waals surface area contributed by atoms with E-state index < -0.39 is 17.7 Å². The van der Waals surface area contributed by atoms with Gasteiger partial charge in [0.05, 0.1) is 0 Å². The van der Waals surface area contributed by atoms with Crippen LogP contribution in [0, 0.1) is 5.88 Å². The molecule has 2 N–H and O–H groups in total. The summed E-state index contributed by atoms with van der Waals surface area (Å²) in [6, 6.07) is -0.494. The van der Waals surface area contributed by atoms with Crippen LogP contribution in [0.15, 0.2) is 10.6 Å². The maximum absolute atomic E-state index is 12.0. The lowest BCUT2D eigenvalue weighted by molar-refractivity contribution is -0.157. The molecule has 0 spiro atoms. The summed E-state index contributed by atoms with van der Waals surface area (Å²) in [6.45, 7) is 5.91. The van der Waals surface area contributed by atoms with Gasteiger partial charge in [0.15, 0.2) is 0 Å². The summed E-state index contributed by atoms with van der Waals surface area (Å²) >= 11 is 1.37. The van der Waals surface area contributed by atoms with E-state index in [1.807, 2.05) is 0 Å². The third-order valence-corrected chi connectivity index (χ3v) is 3.70. The predicted molar refractivity (Wildman–Crippen MR) is 71.0 cm³/mol. The molecule has 2 aliphatic rings. The Hall–Kier alpha value is -1.21. The van der Waals surface area contributed by atoms with E-state index in [2.05, 4.69) is 5.32 Å². The highest BCUT2D eigenvalue weighted by molar-refractivity contribution is 8.05. The van der Waals surface area contributed by atoms with Crippen LogP contribution in [0.4, 0.5) is 4.79 Å². The van der Waals surface area contributed by atoms with E-state index in [-0.39, 0.29) is 5.97 Å². The molecule has 0 aliphatic carbocycles. The van der Waals surface area contributed by atoms with Crippen LogP contribution in [0.2, 0.25) is 0 Å².